The molecule has 2 amide bonds. The van der Waals surface area contributed by atoms with Gasteiger partial charge < -0.3 is 20.1 Å². The van der Waals surface area contributed by atoms with E-state index in [1.165, 1.54) is 11.9 Å². The number of halogens is 3. The number of ether oxygens (including phenoxy) is 1. The highest BCUT2D eigenvalue weighted by Gasteiger charge is 2.30. The van der Waals surface area contributed by atoms with Gasteiger partial charge in [0.25, 0.3) is 0 Å². The summed E-state index contributed by atoms with van der Waals surface area (Å²) in [5.74, 6) is -1.01. The molecule has 0 aromatic carbocycles. The minimum absolute atomic E-state index is 0.00600. The lowest BCUT2D eigenvalue weighted by Crippen LogP contribution is -2.40. The van der Waals surface area contributed by atoms with Crippen molar-refractivity contribution in [2.24, 2.45) is 0 Å². The number of nitrogens with zero attached hydrogens (tertiary/aromatic N) is 2. The van der Waals surface area contributed by atoms with Crippen LogP contribution in [0.15, 0.2) is 18.3 Å². The second kappa shape index (κ2) is 8.20. The van der Waals surface area contributed by atoms with Gasteiger partial charge in [0.1, 0.15) is 6.61 Å². The van der Waals surface area contributed by atoms with E-state index < -0.39 is 23.7 Å². The molecule has 0 radical (unpaired) electrons. The molecule has 0 saturated heterocycles. The van der Waals surface area contributed by atoms with Gasteiger partial charge in [-0.3, -0.25) is 4.79 Å². The number of nitrogens with one attached hydrogen (secondary N) is 1. The topological polar surface area (TPSA) is 91.8 Å². The molecular weight excluding hydrogens is 319 g/mol. The SMILES string of the molecule is CN(CCC(=O)O)C(=O)NCCOc1ccc(C(F)(F)F)cn1. The Morgan fingerprint density at radius 3 is 2.61 bits per heavy atom. The Kier molecular flexibility index (Phi) is 6.61. The second-order valence-electron chi connectivity index (χ2n) is 4.53. The summed E-state index contributed by atoms with van der Waals surface area (Å²) in [6.45, 7) is 0.165. The summed E-state index contributed by atoms with van der Waals surface area (Å²) >= 11 is 0. The maximum absolute atomic E-state index is 12.3. The van der Waals surface area contributed by atoms with Crippen LogP contribution in [0, 0.1) is 0 Å². The Morgan fingerprint density at radius 1 is 1.39 bits per heavy atom. The van der Waals surface area contributed by atoms with Crippen LogP contribution in [0.1, 0.15) is 12.0 Å². The zero-order chi connectivity index (χ0) is 17.5. The average molecular weight is 335 g/mol. The summed E-state index contributed by atoms with van der Waals surface area (Å²) in [6, 6.07) is 1.46. The van der Waals surface area contributed by atoms with Crippen molar-refractivity contribution in [1.82, 2.24) is 15.2 Å². The fourth-order valence-corrected chi connectivity index (χ4v) is 1.45. The lowest BCUT2D eigenvalue weighted by molar-refractivity contribution is -0.138. The third-order valence-electron chi connectivity index (χ3n) is 2.70. The van der Waals surface area contributed by atoms with E-state index in [0.717, 1.165) is 12.1 Å². The largest absolute Gasteiger partial charge is 0.481 e. The lowest BCUT2D eigenvalue weighted by atomic mass is 10.3. The van der Waals surface area contributed by atoms with Crippen LogP contribution in [-0.4, -0.2) is 53.7 Å². The lowest BCUT2D eigenvalue weighted by Gasteiger charge is -2.16. The number of alkyl halides is 3. The summed E-state index contributed by atoms with van der Waals surface area (Å²) < 4.78 is 42.1. The maximum Gasteiger partial charge on any atom is 0.417 e. The van der Waals surface area contributed by atoms with E-state index in [1.54, 1.807) is 0 Å². The van der Waals surface area contributed by atoms with Crippen LogP contribution in [0.3, 0.4) is 0 Å². The molecule has 0 spiro atoms. The van der Waals surface area contributed by atoms with Gasteiger partial charge in [0.2, 0.25) is 5.88 Å². The van der Waals surface area contributed by atoms with E-state index in [9.17, 15) is 22.8 Å². The quantitative estimate of drug-likeness (QED) is 0.739. The van der Waals surface area contributed by atoms with E-state index in [-0.39, 0.29) is 32.0 Å². The predicted octanol–water partition coefficient (Wildman–Crippen LogP) is 1.60. The van der Waals surface area contributed by atoms with Gasteiger partial charge in [-0.2, -0.15) is 13.2 Å². The summed E-state index contributed by atoms with van der Waals surface area (Å²) in [5, 5.41) is 11.0. The third kappa shape index (κ3) is 6.85. The first-order valence-electron chi connectivity index (χ1n) is 6.57. The first-order chi connectivity index (χ1) is 10.7. The Balaban J connectivity index is 2.29. The van der Waals surface area contributed by atoms with Crippen LogP contribution in [0.5, 0.6) is 5.88 Å². The number of urea groups is 1. The first kappa shape index (κ1) is 18.5. The molecule has 0 atom stereocenters. The van der Waals surface area contributed by atoms with Gasteiger partial charge in [0.15, 0.2) is 0 Å². The second-order valence-corrected chi connectivity index (χ2v) is 4.53. The van der Waals surface area contributed by atoms with Crippen LogP contribution >= 0.6 is 0 Å². The number of amides is 2. The summed E-state index contributed by atoms with van der Waals surface area (Å²) in [6.07, 6.45) is -3.97. The van der Waals surface area contributed by atoms with E-state index in [1.807, 2.05) is 0 Å². The predicted molar refractivity (Wildman–Crippen MR) is 73.0 cm³/mol. The van der Waals surface area contributed by atoms with Gasteiger partial charge in [-0.15, -0.1) is 0 Å². The molecule has 2 N–H and O–H groups in total. The van der Waals surface area contributed by atoms with Gasteiger partial charge in [-0.05, 0) is 6.07 Å². The molecule has 23 heavy (non-hydrogen) atoms. The number of aliphatic carboxylic acids is 1. The molecule has 0 aliphatic heterocycles. The standard InChI is InChI=1S/C13H16F3N3O4/c1-19(6-4-11(20)21)12(22)17-5-7-23-10-3-2-9(8-18-10)13(14,15)16/h2-3,8H,4-7H2,1H3,(H,17,22)(H,20,21). The highest BCUT2D eigenvalue weighted by molar-refractivity contribution is 5.74. The monoisotopic (exact) mass is 335 g/mol. The van der Waals surface area contributed by atoms with Crippen molar-refractivity contribution in [3.63, 3.8) is 0 Å². The summed E-state index contributed by atoms with van der Waals surface area (Å²) in [4.78, 5) is 26.6. The molecule has 0 aliphatic carbocycles. The average Bonchev–Trinajstić information content (AvgIpc) is 2.48. The molecule has 0 fully saturated rings. The Hall–Kier alpha value is -2.52. The summed E-state index contributed by atoms with van der Waals surface area (Å²) in [7, 11) is 1.44. The van der Waals surface area contributed by atoms with Crippen molar-refractivity contribution < 1.29 is 32.6 Å². The Labute approximate surface area is 130 Å². The molecule has 1 aromatic rings. The number of carboxylic acids is 1. The maximum atomic E-state index is 12.3. The number of aromatic nitrogens is 1. The Bertz CT molecular complexity index is 534. The van der Waals surface area contributed by atoms with Gasteiger partial charge >= 0.3 is 18.2 Å². The number of pyridine rings is 1. The molecular formula is C13H16F3N3O4. The van der Waals surface area contributed by atoms with E-state index in [4.69, 9.17) is 9.84 Å². The molecule has 0 unspecified atom stereocenters. The highest BCUT2D eigenvalue weighted by Crippen LogP contribution is 2.29. The fourth-order valence-electron chi connectivity index (χ4n) is 1.45. The normalized spacial score (nSPS) is 11.0. The number of carbonyl (C=O) groups is 2. The minimum Gasteiger partial charge on any atom is -0.481 e. The molecule has 128 valence electrons. The Morgan fingerprint density at radius 2 is 2.09 bits per heavy atom. The van der Waals surface area contributed by atoms with E-state index in [0.29, 0.717) is 6.20 Å². The van der Waals surface area contributed by atoms with Crippen molar-refractivity contribution in [2.45, 2.75) is 12.6 Å². The molecule has 0 saturated carbocycles. The van der Waals surface area contributed by atoms with Crippen LogP contribution in [-0.2, 0) is 11.0 Å². The van der Waals surface area contributed by atoms with Crippen LogP contribution in [0.2, 0.25) is 0 Å². The molecule has 0 aliphatic rings. The van der Waals surface area contributed by atoms with E-state index >= 15 is 0 Å². The highest BCUT2D eigenvalue weighted by atomic mass is 19.4. The van der Waals surface area contributed by atoms with Gasteiger partial charge in [0.05, 0.1) is 18.5 Å². The molecule has 1 rings (SSSR count). The van der Waals surface area contributed by atoms with Crippen molar-refractivity contribution >= 4 is 12.0 Å². The van der Waals surface area contributed by atoms with Gasteiger partial charge in [0, 0.05) is 25.9 Å². The number of rotatable bonds is 7. The van der Waals surface area contributed by atoms with Crippen molar-refractivity contribution in [3.8, 4) is 5.88 Å². The van der Waals surface area contributed by atoms with Gasteiger partial charge in [-0.25, -0.2) is 9.78 Å². The smallest absolute Gasteiger partial charge is 0.417 e. The van der Waals surface area contributed by atoms with Crippen molar-refractivity contribution in [1.29, 1.82) is 0 Å². The van der Waals surface area contributed by atoms with Crippen molar-refractivity contribution in [3.05, 3.63) is 23.9 Å². The molecule has 1 aromatic heterocycles. The third-order valence-corrected chi connectivity index (χ3v) is 2.70. The molecule has 1 heterocycles. The number of carboxylic acid groups (broad SMARTS) is 1. The van der Waals surface area contributed by atoms with Gasteiger partial charge in [-0.1, -0.05) is 0 Å². The minimum atomic E-state index is -4.46. The van der Waals surface area contributed by atoms with Crippen molar-refractivity contribution in [2.75, 3.05) is 26.7 Å². The molecule has 10 heteroatoms. The first-order valence-corrected chi connectivity index (χ1v) is 6.57. The molecule has 0 bridgehead atoms. The van der Waals surface area contributed by atoms with E-state index in [2.05, 4.69) is 10.3 Å². The number of hydrogen-bond donors (Lipinski definition) is 2. The van der Waals surface area contributed by atoms with Crippen LogP contribution in [0.25, 0.3) is 0 Å². The zero-order valence-electron chi connectivity index (χ0n) is 12.3. The van der Waals surface area contributed by atoms with Crippen LogP contribution < -0.4 is 10.1 Å². The fraction of sp³-hybridized carbons (Fsp3) is 0.462. The zero-order valence-corrected chi connectivity index (χ0v) is 12.3. The van der Waals surface area contributed by atoms with Crippen LogP contribution in [0.4, 0.5) is 18.0 Å². The number of hydrogen-bond acceptors (Lipinski definition) is 4. The molecule has 7 nitrogen and oxygen atoms in total. The summed E-state index contributed by atoms with van der Waals surface area (Å²) in [5.41, 5.74) is -0.877. The number of carbonyl (C=O) groups excluding carboxylic acids is 1.